The number of carbonyl (C=O) groups excluding carboxylic acids is 2. The van der Waals surface area contributed by atoms with Crippen molar-refractivity contribution in [3.63, 3.8) is 0 Å². The van der Waals surface area contributed by atoms with Gasteiger partial charge in [0.25, 0.3) is 0 Å². The fraction of sp³-hybridized carbons (Fsp3) is 0.556. The second-order valence-electron chi connectivity index (χ2n) is 6.44. The van der Waals surface area contributed by atoms with Gasteiger partial charge in [0, 0.05) is 6.04 Å². The van der Waals surface area contributed by atoms with Gasteiger partial charge in [0.15, 0.2) is 0 Å². The molecule has 1 N–H and O–H groups in total. The average Bonchev–Trinajstić information content (AvgIpc) is 3.12. The molecule has 2 atom stereocenters. The summed E-state index contributed by atoms with van der Waals surface area (Å²) in [5.74, 6) is 0.0980. The second-order valence-corrected chi connectivity index (χ2v) is 7.39. The van der Waals surface area contributed by atoms with Gasteiger partial charge in [-0.2, -0.15) is 0 Å². The van der Waals surface area contributed by atoms with E-state index in [1.165, 1.54) is 12.8 Å². The normalized spacial score (nSPS) is 20.9. The maximum Gasteiger partial charge on any atom is 0.355 e. The minimum absolute atomic E-state index is 0.0389. The molecule has 24 heavy (non-hydrogen) atoms. The van der Waals surface area contributed by atoms with E-state index in [4.69, 9.17) is 4.74 Å². The van der Waals surface area contributed by atoms with Crippen LogP contribution in [0.5, 0.6) is 0 Å². The van der Waals surface area contributed by atoms with Gasteiger partial charge in [0.2, 0.25) is 5.91 Å². The van der Waals surface area contributed by atoms with Crippen molar-refractivity contribution in [3.05, 3.63) is 23.2 Å². The zero-order valence-electron chi connectivity index (χ0n) is 14.2. The molecule has 2 heterocycles. The van der Waals surface area contributed by atoms with E-state index in [0.29, 0.717) is 18.2 Å². The topological polar surface area (TPSA) is 60.3 Å². The van der Waals surface area contributed by atoms with Crippen LogP contribution in [-0.4, -0.2) is 29.1 Å². The number of carbonyl (C=O) groups is 2. The summed E-state index contributed by atoms with van der Waals surface area (Å²) in [6.45, 7) is 4.45. The lowest BCUT2D eigenvalue weighted by Crippen LogP contribution is -2.42. The summed E-state index contributed by atoms with van der Waals surface area (Å²) < 4.78 is 7.90. The first-order chi connectivity index (χ1) is 11.6. The molecule has 2 aromatic heterocycles. The average molecular weight is 348 g/mol. The minimum Gasteiger partial charge on any atom is -0.461 e. The maximum absolute atomic E-state index is 12.5. The third-order valence-corrected chi connectivity index (χ3v) is 5.62. The van der Waals surface area contributed by atoms with Crippen molar-refractivity contribution in [2.24, 2.45) is 5.92 Å². The van der Waals surface area contributed by atoms with Crippen LogP contribution in [0.25, 0.3) is 10.2 Å². The van der Waals surface area contributed by atoms with Gasteiger partial charge < -0.3 is 14.6 Å². The van der Waals surface area contributed by atoms with Crippen molar-refractivity contribution in [2.75, 3.05) is 6.61 Å². The number of aromatic nitrogens is 1. The molecule has 1 aliphatic carbocycles. The molecule has 6 heteroatoms. The molecule has 1 fully saturated rings. The van der Waals surface area contributed by atoms with E-state index in [1.54, 1.807) is 22.8 Å². The standard InChI is InChI=1S/C18H24N2O3S/c1-3-23-18(22)15-10-16-14(8-9-24-16)20(15)11-17(21)19-13-7-5-4-6-12(13)2/h8-10,12-13H,3-7,11H2,1-2H3,(H,19,21)/t12-,13+/m1/s1. The number of ether oxygens (including phenoxy) is 1. The lowest BCUT2D eigenvalue weighted by atomic mass is 9.86. The fourth-order valence-corrected chi connectivity index (χ4v) is 4.27. The largest absolute Gasteiger partial charge is 0.461 e. The summed E-state index contributed by atoms with van der Waals surface area (Å²) >= 11 is 1.56. The van der Waals surface area contributed by atoms with Crippen molar-refractivity contribution in [1.82, 2.24) is 9.88 Å². The molecule has 0 unspecified atom stereocenters. The third kappa shape index (κ3) is 3.48. The number of hydrogen-bond donors (Lipinski definition) is 1. The van der Waals surface area contributed by atoms with E-state index in [-0.39, 0.29) is 24.5 Å². The lowest BCUT2D eigenvalue weighted by Gasteiger charge is -2.29. The Bertz CT molecular complexity index is 734. The Labute approximate surface area is 146 Å². The zero-order chi connectivity index (χ0) is 17.1. The van der Waals surface area contributed by atoms with Crippen molar-refractivity contribution < 1.29 is 14.3 Å². The Kier molecular flexibility index (Phi) is 5.23. The Hall–Kier alpha value is -1.82. The van der Waals surface area contributed by atoms with Crippen LogP contribution in [0.15, 0.2) is 17.5 Å². The highest BCUT2D eigenvalue weighted by molar-refractivity contribution is 7.17. The molecule has 0 bridgehead atoms. The molecule has 0 aromatic carbocycles. The molecule has 3 rings (SSSR count). The first-order valence-electron chi connectivity index (χ1n) is 8.63. The first kappa shape index (κ1) is 17.0. The Morgan fingerprint density at radius 1 is 1.38 bits per heavy atom. The molecular weight excluding hydrogens is 324 g/mol. The van der Waals surface area contributed by atoms with E-state index in [9.17, 15) is 9.59 Å². The highest BCUT2D eigenvalue weighted by Crippen LogP contribution is 2.26. The summed E-state index contributed by atoms with van der Waals surface area (Å²) in [5, 5.41) is 5.12. The Morgan fingerprint density at radius 2 is 2.17 bits per heavy atom. The summed E-state index contributed by atoms with van der Waals surface area (Å²) in [6.07, 6.45) is 4.61. The van der Waals surface area contributed by atoms with E-state index < -0.39 is 0 Å². The maximum atomic E-state index is 12.5. The summed E-state index contributed by atoms with van der Waals surface area (Å²) in [6, 6.07) is 4.00. The van der Waals surface area contributed by atoms with Crippen LogP contribution in [-0.2, 0) is 16.1 Å². The molecular formula is C18H24N2O3S. The van der Waals surface area contributed by atoms with Crippen LogP contribution in [0, 0.1) is 5.92 Å². The highest BCUT2D eigenvalue weighted by atomic mass is 32.1. The van der Waals surface area contributed by atoms with Crippen molar-refractivity contribution >= 4 is 33.4 Å². The number of thiophene rings is 1. The van der Waals surface area contributed by atoms with Crippen molar-refractivity contribution in [3.8, 4) is 0 Å². The number of nitrogens with one attached hydrogen (secondary N) is 1. The minimum atomic E-state index is -0.375. The van der Waals surface area contributed by atoms with E-state index in [0.717, 1.165) is 23.1 Å². The molecule has 1 amide bonds. The van der Waals surface area contributed by atoms with Gasteiger partial charge >= 0.3 is 5.97 Å². The number of amides is 1. The number of rotatable bonds is 5. The Balaban J connectivity index is 1.77. The molecule has 1 saturated carbocycles. The van der Waals surface area contributed by atoms with Gasteiger partial charge in [-0.3, -0.25) is 4.79 Å². The van der Waals surface area contributed by atoms with E-state index in [2.05, 4.69) is 12.2 Å². The molecule has 5 nitrogen and oxygen atoms in total. The van der Waals surface area contributed by atoms with E-state index in [1.807, 2.05) is 17.5 Å². The molecule has 0 saturated heterocycles. The number of hydrogen-bond acceptors (Lipinski definition) is 4. The predicted molar refractivity (Wildman–Crippen MR) is 95.3 cm³/mol. The van der Waals surface area contributed by atoms with Crippen LogP contribution in [0.4, 0.5) is 0 Å². The van der Waals surface area contributed by atoms with Crippen molar-refractivity contribution in [2.45, 2.75) is 52.1 Å². The highest BCUT2D eigenvalue weighted by Gasteiger charge is 2.24. The van der Waals surface area contributed by atoms with Crippen LogP contribution in [0.3, 0.4) is 0 Å². The molecule has 0 radical (unpaired) electrons. The molecule has 130 valence electrons. The quantitative estimate of drug-likeness (QED) is 0.840. The lowest BCUT2D eigenvalue weighted by molar-refractivity contribution is -0.122. The molecule has 0 aliphatic heterocycles. The SMILES string of the molecule is CCOC(=O)c1cc2sccc2n1CC(=O)N[C@H]1CCCC[C@H]1C. The molecule has 0 spiro atoms. The van der Waals surface area contributed by atoms with Crippen LogP contribution in [0.2, 0.25) is 0 Å². The smallest absolute Gasteiger partial charge is 0.355 e. The number of fused-ring (bicyclic) bond motifs is 1. The zero-order valence-corrected chi connectivity index (χ0v) is 15.0. The predicted octanol–water partition coefficient (Wildman–Crippen LogP) is 3.57. The van der Waals surface area contributed by atoms with Gasteiger partial charge in [-0.15, -0.1) is 11.3 Å². The second kappa shape index (κ2) is 7.38. The summed E-state index contributed by atoms with van der Waals surface area (Å²) in [5.41, 5.74) is 1.36. The van der Waals surface area contributed by atoms with Gasteiger partial charge in [0.05, 0.1) is 16.8 Å². The van der Waals surface area contributed by atoms with Crippen LogP contribution < -0.4 is 5.32 Å². The summed E-state index contributed by atoms with van der Waals surface area (Å²) in [4.78, 5) is 24.7. The van der Waals surface area contributed by atoms with Gasteiger partial charge in [-0.1, -0.05) is 19.8 Å². The van der Waals surface area contributed by atoms with Crippen LogP contribution in [0.1, 0.15) is 50.0 Å². The van der Waals surface area contributed by atoms with Crippen molar-refractivity contribution in [1.29, 1.82) is 0 Å². The summed E-state index contributed by atoms with van der Waals surface area (Å²) in [7, 11) is 0. The fourth-order valence-electron chi connectivity index (χ4n) is 3.45. The molecule has 1 aliphatic rings. The van der Waals surface area contributed by atoms with Gasteiger partial charge in [-0.05, 0) is 43.2 Å². The number of nitrogens with zero attached hydrogens (tertiary/aromatic N) is 1. The molecule has 2 aromatic rings. The monoisotopic (exact) mass is 348 g/mol. The number of esters is 1. The van der Waals surface area contributed by atoms with Crippen LogP contribution >= 0.6 is 11.3 Å². The first-order valence-corrected chi connectivity index (χ1v) is 9.51. The van der Waals surface area contributed by atoms with Gasteiger partial charge in [0.1, 0.15) is 12.2 Å². The Morgan fingerprint density at radius 3 is 2.92 bits per heavy atom. The van der Waals surface area contributed by atoms with E-state index >= 15 is 0 Å². The van der Waals surface area contributed by atoms with Gasteiger partial charge in [-0.25, -0.2) is 4.79 Å². The third-order valence-electron chi connectivity index (χ3n) is 4.77.